The number of anilines is 2. The van der Waals surface area contributed by atoms with Gasteiger partial charge in [0.2, 0.25) is 0 Å². The van der Waals surface area contributed by atoms with Crippen LogP contribution in [0, 0.1) is 6.92 Å². The van der Waals surface area contributed by atoms with Crippen molar-refractivity contribution in [3.8, 4) is 0 Å². The van der Waals surface area contributed by atoms with Crippen LogP contribution in [0.25, 0.3) is 0 Å². The maximum Gasteiger partial charge on any atom is 0.314 e. The van der Waals surface area contributed by atoms with Crippen molar-refractivity contribution in [1.29, 1.82) is 0 Å². The molecule has 0 aromatic heterocycles. The Hall–Kier alpha value is -1.56. The SMILES string of the molecule is Cc1cc(NC(=O)C(=O)Nc2ccc(Cl)c(Cl)c2)ccc1Br. The van der Waals surface area contributed by atoms with Crippen LogP contribution in [0.2, 0.25) is 10.0 Å². The number of carbonyl (C=O) groups is 2. The average Bonchev–Trinajstić information content (AvgIpc) is 2.46. The van der Waals surface area contributed by atoms with E-state index in [9.17, 15) is 9.59 Å². The summed E-state index contributed by atoms with van der Waals surface area (Å²) in [4.78, 5) is 23.7. The van der Waals surface area contributed by atoms with Crippen molar-refractivity contribution in [2.75, 3.05) is 10.6 Å². The van der Waals surface area contributed by atoms with Crippen LogP contribution < -0.4 is 10.6 Å². The summed E-state index contributed by atoms with van der Waals surface area (Å²) in [5.74, 6) is -1.56. The van der Waals surface area contributed by atoms with Gasteiger partial charge in [-0.1, -0.05) is 39.1 Å². The van der Waals surface area contributed by atoms with E-state index in [-0.39, 0.29) is 0 Å². The van der Waals surface area contributed by atoms with Crippen LogP contribution in [0.3, 0.4) is 0 Å². The van der Waals surface area contributed by atoms with Gasteiger partial charge in [-0.15, -0.1) is 0 Å². The van der Waals surface area contributed by atoms with E-state index in [4.69, 9.17) is 23.2 Å². The molecule has 22 heavy (non-hydrogen) atoms. The second-order valence-electron chi connectivity index (χ2n) is 4.50. The van der Waals surface area contributed by atoms with Gasteiger partial charge < -0.3 is 10.6 Å². The number of nitrogens with one attached hydrogen (secondary N) is 2. The van der Waals surface area contributed by atoms with Crippen LogP contribution in [0.5, 0.6) is 0 Å². The lowest BCUT2D eigenvalue weighted by Gasteiger charge is -2.08. The Balaban J connectivity index is 2.04. The zero-order valence-electron chi connectivity index (χ0n) is 11.4. The topological polar surface area (TPSA) is 58.2 Å². The van der Waals surface area contributed by atoms with Crippen LogP contribution in [0.15, 0.2) is 40.9 Å². The molecule has 0 saturated carbocycles. The molecule has 0 aliphatic carbocycles. The molecule has 2 rings (SSSR count). The van der Waals surface area contributed by atoms with Gasteiger partial charge in [-0.2, -0.15) is 0 Å². The van der Waals surface area contributed by atoms with Crippen LogP contribution >= 0.6 is 39.1 Å². The smallest absolute Gasteiger partial charge is 0.314 e. The molecule has 2 aromatic carbocycles. The quantitative estimate of drug-likeness (QED) is 0.720. The number of halogens is 3. The number of hydrogen-bond acceptors (Lipinski definition) is 2. The number of carbonyl (C=O) groups excluding carboxylic acids is 2. The fraction of sp³-hybridized carbons (Fsp3) is 0.0667. The summed E-state index contributed by atoms with van der Waals surface area (Å²) >= 11 is 15.0. The van der Waals surface area contributed by atoms with Crippen LogP contribution in [0.4, 0.5) is 11.4 Å². The van der Waals surface area contributed by atoms with E-state index < -0.39 is 11.8 Å². The van der Waals surface area contributed by atoms with Crippen molar-refractivity contribution in [1.82, 2.24) is 0 Å². The molecule has 7 heteroatoms. The molecule has 0 spiro atoms. The molecular weight excluding hydrogens is 391 g/mol. The van der Waals surface area contributed by atoms with Gasteiger partial charge in [0.25, 0.3) is 0 Å². The van der Waals surface area contributed by atoms with Crippen molar-refractivity contribution in [3.05, 3.63) is 56.5 Å². The first-order valence-corrected chi connectivity index (χ1v) is 7.75. The maximum absolute atomic E-state index is 11.9. The van der Waals surface area contributed by atoms with E-state index in [0.717, 1.165) is 10.0 Å². The largest absolute Gasteiger partial charge is 0.318 e. The highest BCUT2D eigenvalue weighted by molar-refractivity contribution is 9.10. The molecule has 0 saturated heterocycles. The molecule has 0 fully saturated rings. The lowest BCUT2D eigenvalue weighted by Crippen LogP contribution is -2.29. The summed E-state index contributed by atoms with van der Waals surface area (Å²) in [6.45, 7) is 1.88. The van der Waals surface area contributed by atoms with Crippen molar-refractivity contribution in [3.63, 3.8) is 0 Å². The fourth-order valence-electron chi connectivity index (χ4n) is 1.67. The summed E-state index contributed by atoms with van der Waals surface area (Å²) in [6, 6.07) is 9.81. The maximum atomic E-state index is 11.9. The lowest BCUT2D eigenvalue weighted by molar-refractivity contribution is -0.132. The zero-order valence-corrected chi connectivity index (χ0v) is 14.5. The van der Waals surface area contributed by atoms with Crippen molar-refractivity contribution < 1.29 is 9.59 Å². The molecule has 114 valence electrons. The van der Waals surface area contributed by atoms with E-state index in [1.54, 1.807) is 24.3 Å². The first-order valence-electron chi connectivity index (χ1n) is 6.20. The molecule has 2 aromatic rings. The van der Waals surface area contributed by atoms with E-state index in [1.165, 1.54) is 12.1 Å². The van der Waals surface area contributed by atoms with E-state index >= 15 is 0 Å². The molecule has 0 bridgehead atoms. The third kappa shape index (κ3) is 4.22. The molecule has 2 amide bonds. The second-order valence-corrected chi connectivity index (χ2v) is 6.17. The van der Waals surface area contributed by atoms with Gasteiger partial charge in [0.05, 0.1) is 10.0 Å². The summed E-state index contributed by atoms with van der Waals surface area (Å²) in [5.41, 5.74) is 1.87. The number of amides is 2. The zero-order chi connectivity index (χ0) is 16.3. The highest BCUT2D eigenvalue weighted by Gasteiger charge is 2.14. The van der Waals surface area contributed by atoms with Crippen LogP contribution in [-0.2, 0) is 9.59 Å². The predicted molar refractivity (Wildman–Crippen MR) is 92.6 cm³/mol. The number of rotatable bonds is 2. The Labute approximate surface area is 145 Å². The highest BCUT2D eigenvalue weighted by atomic mass is 79.9. The Morgan fingerprint density at radius 1 is 0.909 bits per heavy atom. The predicted octanol–water partition coefficient (Wildman–Crippen LogP) is 4.64. The molecule has 0 unspecified atom stereocenters. The standard InChI is InChI=1S/C15H11BrCl2N2O2/c1-8-6-9(2-4-11(8)16)19-14(21)15(22)20-10-3-5-12(17)13(18)7-10/h2-7H,1H3,(H,19,21)(H,20,22). The van der Waals surface area contributed by atoms with Gasteiger partial charge in [0.15, 0.2) is 0 Å². The highest BCUT2D eigenvalue weighted by Crippen LogP contribution is 2.25. The minimum absolute atomic E-state index is 0.295. The third-order valence-electron chi connectivity index (χ3n) is 2.80. The van der Waals surface area contributed by atoms with Gasteiger partial charge in [0.1, 0.15) is 0 Å². The minimum Gasteiger partial charge on any atom is -0.318 e. The van der Waals surface area contributed by atoms with Crippen LogP contribution in [-0.4, -0.2) is 11.8 Å². The van der Waals surface area contributed by atoms with Crippen LogP contribution in [0.1, 0.15) is 5.56 Å². The Bertz CT molecular complexity index is 687. The number of benzene rings is 2. The van der Waals surface area contributed by atoms with E-state index in [2.05, 4.69) is 26.6 Å². The molecule has 0 radical (unpaired) electrons. The van der Waals surface area contributed by atoms with Crippen molar-refractivity contribution >= 4 is 62.3 Å². The van der Waals surface area contributed by atoms with Crippen molar-refractivity contribution in [2.45, 2.75) is 6.92 Å². The summed E-state index contributed by atoms with van der Waals surface area (Å²) < 4.78 is 0.922. The minimum atomic E-state index is -0.793. The molecule has 2 N–H and O–H groups in total. The fourth-order valence-corrected chi connectivity index (χ4v) is 2.22. The molecule has 0 aliphatic rings. The summed E-state index contributed by atoms with van der Waals surface area (Å²) in [7, 11) is 0. The first-order chi connectivity index (χ1) is 10.4. The molecule has 0 aliphatic heterocycles. The van der Waals surface area contributed by atoms with Gasteiger partial charge in [-0.25, -0.2) is 0 Å². The second kappa shape index (κ2) is 7.13. The van der Waals surface area contributed by atoms with Crippen molar-refractivity contribution in [2.24, 2.45) is 0 Å². The average molecular weight is 402 g/mol. The van der Waals surface area contributed by atoms with E-state index in [0.29, 0.717) is 21.4 Å². The summed E-state index contributed by atoms with van der Waals surface area (Å²) in [5, 5.41) is 5.64. The first kappa shape index (κ1) is 16.8. The molecule has 0 atom stereocenters. The van der Waals surface area contributed by atoms with E-state index in [1.807, 2.05) is 6.92 Å². The summed E-state index contributed by atoms with van der Waals surface area (Å²) in [6.07, 6.45) is 0. The molecule has 4 nitrogen and oxygen atoms in total. The Morgan fingerprint density at radius 3 is 2.00 bits per heavy atom. The number of aryl methyl sites for hydroxylation is 1. The number of hydrogen-bond donors (Lipinski definition) is 2. The van der Waals surface area contributed by atoms with Gasteiger partial charge in [-0.3, -0.25) is 9.59 Å². The molecule has 0 heterocycles. The normalized spacial score (nSPS) is 10.2. The van der Waals surface area contributed by atoms with Gasteiger partial charge in [-0.05, 0) is 48.9 Å². The van der Waals surface area contributed by atoms with Gasteiger partial charge >= 0.3 is 11.8 Å². The molecular formula is C15H11BrCl2N2O2. The monoisotopic (exact) mass is 400 g/mol. The lowest BCUT2D eigenvalue weighted by atomic mass is 10.2. The third-order valence-corrected chi connectivity index (χ3v) is 4.43. The van der Waals surface area contributed by atoms with Gasteiger partial charge in [0, 0.05) is 15.8 Å². The Kier molecular flexibility index (Phi) is 5.45. The Morgan fingerprint density at radius 2 is 1.45 bits per heavy atom.